The molecule has 0 saturated heterocycles. The standard InChI is InChI=1S/C12H9FN6O2/c1-7-6-10(17-21-7)14-12(20)11-15-18-19(16-11)9-4-2-8(13)3-5-9/h2-6H,1H3,(H,14,17,20). The topological polar surface area (TPSA) is 98.7 Å². The SMILES string of the molecule is Cc1cc(NC(=O)c2nnn(-c3ccc(F)cc3)n2)no1. The summed E-state index contributed by atoms with van der Waals surface area (Å²) in [5.74, 6) is -0.265. The van der Waals surface area contributed by atoms with Gasteiger partial charge in [0.1, 0.15) is 11.6 Å². The Balaban J connectivity index is 1.78. The minimum absolute atomic E-state index is 0.139. The van der Waals surface area contributed by atoms with Gasteiger partial charge in [-0.05, 0) is 36.4 Å². The van der Waals surface area contributed by atoms with Crippen LogP contribution in [0.15, 0.2) is 34.9 Å². The van der Waals surface area contributed by atoms with Gasteiger partial charge in [-0.1, -0.05) is 5.16 Å². The van der Waals surface area contributed by atoms with Crippen LogP contribution in [-0.2, 0) is 0 Å². The normalized spacial score (nSPS) is 10.6. The highest BCUT2D eigenvalue weighted by Gasteiger charge is 2.15. The van der Waals surface area contributed by atoms with E-state index < -0.39 is 5.91 Å². The van der Waals surface area contributed by atoms with Gasteiger partial charge >= 0.3 is 0 Å². The molecule has 1 N–H and O–H groups in total. The van der Waals surface area contributed by atoms with Crippen molar-refractivity contribution in [2.24, 2.45) is 0 Å². The molecule has 8 nitrogen and oxygen atoms in total. The van der Waals surface area contributed by atoms with E-state index in [4.69, 9.17) is 4.52 Å². The third-order valence-corrected chi connectivity index (χ3v) is 2.54. The van der Waals surface area contributed by atoms with Crippen LogP contribution in [0, 0.1) is 12.7 Å². The van der Waals surface area contributed by atoms with Gasteiger partial charge in [-0.15, -0.1) is 15.0 Å². The largest absolute Gasteiger partial charge is 0.360 e. The highest BCUT2D eigenvalue weighted by atomic mass is 19.1. The predicted octanol–water partition coefficient (Wildman–Crippen LogP) is 1.35. The first-order valence-corrected chi connectivity index (χ1v) is 5.92. The summed E-state index contributed by atoms with van der Waals surface area (Å²) in [5.41, 5.74) is 0.486. The van der Waals surface area contributed by atoms with Crippen LogP contribution in [0.3, 0.4) is 0 Å². The van der Waals surface area contributed by atoms with E-state index in [0.717, 1.165) is 4.80 Å². The fraction of sp³-hybridized carbons (Fsp3) is 0.0833. The molecule has 0 atom stereocenters. The first-order valence-electron chi connectivity index (χ1n) is 5.92. The van der Waals surface area contributed by atoms with E-state index in [-0.39, 0.29) is 17.5 Å². The molecule has 0 aliphatic heterocycles. The van der Waals surface area contributed by atoms with E-state index in [1.54, 1.807) is 13.0 Å². The quantitative estimate of drug-likeness (QED) is 0.781. The molecule has 21 heavy (non-hydrogen) atoms. The lowest BCUT2D eigenvalue weighted by Gasteiger charge is -1.97. The average Bonchev–Trinajstić information content (AvgIpc) is 3.09. The number of hydrogen-bond acceptors (Lipinski definition) is 6. The zero-order valence-corrected chi connectivity index (χ0v) is 10.8. The molecular formula is C12H9FN6O2. The van der Waals surface area contributed by atoms with Crippen LogP contribution in [-0.4, -0.2) is 31.3 Å². The van der Waals surface area contributed by atoms with Crippen LogP contribution in [0.5, 0.6) is 0 Å². The Hall–Kier alpha value is -3.10. The number of nitrogens with zero attached hydrogens (tertiary/aromatic N) is 5. The molecule has 2 heterocycles. The summed E-state index contributed by atoms with van der Waals surface area (Å²) in [5, 5.41) is 17.4. The Morgan fingerprint density at radius 3 is 2.76 bits per heavy atom. The molecule has 3 rings (SSSR count). The van der Waals surface area contributed by atoms with Crippen LogP contribution >= 0.6 is 0 Å². The van der Waals surface area contributed by atoms with Crippen molar-refractivity contribution in [1.82, 2.24) is 25.4 Å². The lowest BCUT2D eigenvalue weighted by atomic mass is 10.3. The molecule has 3 aromatic rings. The number of carbonyl (C=O) groups is 1. The lowest BCUT2D eigenvalue weighted by molar-refractivity contribution is 0.101. The summed E-state index contributed by atoms with van der Waals surface area (Å²) in [4.78, 5) is 13.0. The summed E-state index contributed by atoms with van der Waals surface area (Å²) in [6.07, 6.45) is 0. The summed E-state index contributed by atoms with van der Waals surface area (Å²) in [7, 11) is 0. The zero-order chi connectivity index (χ0) is 14.8. The Bertz CT molecular complexity index is 779. The van der Waals surface area contributed by atoms with E-state index in [1.165, 1.54) is 24.3 Å². The van der Waals surface area contributed by atoms with Crippen molar-refractivity contribution in [3.8, 4) is 5.69 Å². The number of nitrogens with one attached hydrogen (secondary N) is 1. The first kappa shape index (κ1) is 12.9. The number of rotatable bonds is 3. The number of benzene rings is 1. The lowest BCUT2D eigenvalue weighted by Crippen LogP contribution is -2.14. The van der Waals surface area contributed by atoms with Gasteiger partial charge in [-0.2, -0.15) is 0 Å². The smallest absolute Gasteiger partial charge is 0.298 e. The maximum absolute atomic E-state index is 12.8. The third-order valence-electron chi connectivity index (χ3n) is 2.54. The van der Waals surface area contributed by atoms with Gasteiger partial charge < -0.3 is 9.84 Å². The summed E-state index contributed by atoms with van der Waals surface area (Å²) >= 11 is 0. The third kappa shape index (κ3) is 2.76. The van der Waals surface area contributed by atoms with Crippen molar-refractivity contribution in [2.75, 3.05) is 5.32 Å². The number of anilines is 1. The molecule has 0 aliphatic rings. The van der Waals surface area contributed by atoms with Crippen LogP contribution in [0.2, 0.25) is 0 Å². The molecule has 0 spiro atoms. The molecule has 1 amide bonds. The summed E-state index contributed by atoms with van der Waals surface area (Å²) < 4.78 is 17.7. The number of tetrazole rings is 1. The van der Waals surface area contributed by atoms with Crippen molar-refractivity contribution in [3.05, 3.63) is 47.7 Å². The highest BCUT2D eigenvalue weighted by molar-refractivity contribution is 6.00. The van der Waals surface area contributed by atoms with Gasteiger partial charge in [0.2, 0.25) is 0 Å². The predicted molar refractivity (Wildman–Crippen MR) is 68.3 cm³/mol. The van der Waals surface area contributed by atoms with E-state index in [9.17, 15) is 9.18 Å². The maximum atomic E-state index is 12.8. The molecular weight excluding hydrogens is 279 g/mol. The molecule has 0 fully saturated rings. The summed E-state index contributed by atoms with van der Waals surface area (Å²) in [6.45, 7) is 1.70. The molecule has 0 unspecified atom stereocenters. The van der Waals surface area contributed by atoms with Gasteiger partial charge in [0, 0.05) is 6.07 Å². The molecule has 2 aromatic heterocycles. The van der Waals surface area contributed by atoms with Crippen molar-refractivity contribution in [2.45, 2.75) is 6.92 Å². The van der Waals surface area contributed by atoms with Gasteiger partial charge in [0.15, 0.2) is 5.82 Å². The van der Waals surface area contributed by atoms with Crippen LogP contribution in [0.4, 0.5) is 10.2 Å². The minimum Gasteiger partial charge on any atom is -0.360 e. The monoisotopic (exact) mass is 288 g/mol. The summed E-state index contributed by atoms with van der Waals surface area (Å²) in [6, 6.07) is 7.02. The number of halogens is 1. The fourth-order valence-electron chi connectivity index (χ4n) is 1.59. The first-order chi connectivity index (χ1) is 10.1. The van der Waals surface area contributed by atoms with Crippen molar-refractivity contribution in [3.63, 3.8) is 0 Å². The van der Waals surface area contributed by atoms with Crippen molar-refractivity contribution in [1.29, 1.82) is 0 Å². The molecule has 1 aromatic carbocycles. The molecule has 0 aliphatic carbocycles. The van der Waals surface area contributed by atoms with Crippen LogP contribution < -0.4 is 5.32 Å². The molecule has 0 radical (unpaired) electrons. The number of aryl methyl sites for hydroxylation is 1. The van der Waals surface area contributed by atoms with Crippen molar-refractivity contribution < 1.29 is 13.7 Å². The highest BCUT2D eigenvalue weighted by Crippen LogP contribution is 2.09. The number of hydrogen-bond donors (Lipinski definition) is 1. The number of aromatic nitrogens is 5. The maximum Gasteiger partial charge on any atom is 0.298 e. The van der Waals surface area contributed by atoms with E-state index in [1.807, 2.05) is 0 Å². The second kappa shape index (κ2) is 5.12. The zero-order valence-electron chi connectivity index (χ0n) is 10.8. The minimum atomic E-state index is -0.573. The molecule has 0 bridgehead atoms. The Labute approximate surface area is 117 Å². The average molecular weight is 288 g/mol. The molecule has 0 saturated carbocycles. The van der Waals surface area contributed by atoms with Gasteiger partial charge in [0.25, 0.3) is 11.7 Å². The number of amides is 1. The van der Waals surface area contributed by atoms with E-state index in [2.05, 4.69) is 25.9 Å². The van der Waals surface area contributed by atoms with E-state index in [0.29, 0.717) is 11.4 Å². The van der Waals surface area contributed by atoms with Gasteiger partial charge in [0.05, 0.1) is 5.69 Å². The van der Waals surface area contributed by atoms with E-state index >= 15 is 0 Å². The number of carbonyl (C=O) groups excluding carboxylic acids is 1. The Kier molecular flexibility index (Phi) is 3.14. The van der Waals surface area contributed by atoms with Crippen molar-refractivity contribution >= 4 is 11.7 Å². The Morgan fingerprint density at radius 2 is 2.10 bits per heavy atom. The van der Waals surface area contributed by atoms with Crippen LogP contribution in [0.1, 0.15) is 16.4 Å². The fourth-order valence-corrected chi connectivity index (χ4v) is 1.59. The van der Waals surface area contributed by atoms with Crippen LogP contribution in [0.25, 0.3) is 5.69 Å². The second-order valence-corrected chi connectivity index (χ2v) is 4.16. The van der Waals surface area contributed by atoms with Gasteiger partial charge in [-0.25, -0.2) is 4.39 Å². The molecule has 9 heteroatoms. The second-order valence-electron chi connectivity index (χ2n) is 4.16. The van der Waals surface area contributed by atoms with Gasteiger partial charge in [-0.3, -0.25) is 4.79 Å². The molecule has 106 valence electrons. The Morgan fingerprint density at radius 1 is 1.33 bits per heavy atom.